The van der Waals surface area contributed by atoms with Gasteiger partial charge in [0.05, 0.1) is 11.1 Å². The molecule has 2 atom stereocenters. The molecule has 1 fully saturated rings. The van der Waals surface area contributed by atoms with Crippen molar-refractivity contribution in [3.63, 3.8) is 0 Å². The van der Waals surface area contributed by atoms with Gasteiger partial charge in [-0.15, -0.1) is 10.2 Å². The Bertz CT molecular complexity index is 1270. The Morgan fingerprint density at radius 1 is 1.37 bits per heavy atom. The number of hydrogen-bond donors (Lipinski definition) is 2. The zero-order valence-electron chi connectivity index (χ0n) is 16.5. The Hall–Kier alpha value is -3.08. The van der Waals surface area contributed by atoms with Gasteiger partial charge in [-0.05, 0) is 47.3 Å². The van der Waals surface area contributed by atoms with Crippen molar-refractivity contribution in [3.8, 4) is 5.69 Å². The molecule has 4 heterocycles. The molecule has 0 radical (unpaired) electrons. The van der Waals surface area contributed by atoms with Gasteiger partial charge in [0, 0.05) is 30.9 Å². The number of anilines is 1. The van der Waals surface area contributed by atoms with Crippen LogP contribution in [0.25, 0.3) is 22.4 Å². The zero-order valence-corrected chi connectivity index (χ0v) is 18.1. The van der Waals surface area contributed by atoms with E-state index in [1.165, 1.54) is 0 Å². The third kappa shape index (κ3) is 3.09. The van der Waals surface area contributed by atoms with Crippen LogP contribution in [0.4, 0.5) is 5.95 Å². The van der Waals surface area contributed by atoms with Gasteiger partial charge in [-0.3, -0.25) is 9.20 Å². The van der Waals surface area contributed by atoms with E-state index in [-0.39, 0.29) is 17.4 Å². The van der Waals surface area contributed by atoms with Gasteiger partial charge >= 0.3 is 0 Å². The summed E-state index contributed by atoms with van der Waals surface area (Å²) in [5.74, 6) is 0.599. The lowest BCUT2D eigenvalue weighted by molar-refractivity contribution is -0.129. The van der Waals surface area contributed by atoms with E-state index >= 15 is 0 Å². The van der Waals surface area contributed by atoms with Gasteiger partial charge in [-0.25, -0.2) is 9.67 Å². The number of halogens is 1. The quantitative estimate of drug-likeness (QED) is 0.471. The third-order valence-electron chi connectivity index (χ3n) is 5.75. The number of aromatic nitrogens is 7. The maximum absolute atomic E-state index is 12.2. The Morgan fingerprint density at radius 2 is 2.23 bits per heavy atom. The second kappa shape index (κ2) is 7.01. The number of nitrogens with zero attached hydrogens (tertiary/aromatic N) is 7. The highest BCUT2D eigenvalue weighted by atomic mass is 79.9. The Balaban J connectivity index is 1.47. The molecule has 5 rings (SSSR count). The lowest BCUT2D eigenvalue weighted by Gasteiger charge is -2.22. The molecule has 4 aromatic heterocycles. The first kappa shape index (κ1) is 18.9. The Morgan fingerprint density at radius 3 is 3.07 bits per heavy atom. The molecule has 154 valence electrons. The molecule has 30 heavy (non-hydrogen) atoms. The summed E-state index contributed by atoms with van der Waals surface area (Å²) in [6.45, 7) is 2.00. The molecule has 0 bridgehead atoms. The van der Waals surface area contributed by atoms with Crippen LogP contribution in [-0.4, -0.2) is 53.3 Å². The van der Waals surface area contributed by atoms with Crippen LogP contribution in [0.2, 0.25) is 0 Å². The first-order chi connectivity index (χ1) is 14.5. The second-order valence-electron chi connectivity index (χ2n) is 7.84. The first-order valence-electron chi connectivity index (χ1n) is 9.67. The van der Waals surface area contributed by atoms with Crippen LogP contribution >= 0.6 is 15.9 Å². The summed E-state index contributed by atoms with van der Waals surface area (Å²) < 4.78 is 4.26. The maximum Gasteiger partial charge on any atom is 0.225 e. The average Bonchev–Trinajstić information content (AvgIpc) is 3.45. The molecule has 10 nitrogen and oxygen atoms in total. The van der Waals surface area contributed by atoms with Crippen LogP contribution in [0.15, 0.2) is 35.5 Å². The van der Waals surface area contributed by atoms with Crippen LogP contribution in [-0.2, 0) is 4.79 Å². The summed E-state index contributed by atoms with van der Waals surface area (Å²) >= 11 is 3.50. The van der Waals surface area contributed by atoms with Gasteiger partial charge in [0.1, 0.15) is 10.9 Å². The lowest BCUT2D eigenvalue weighted by Crippen LogP contribution is -2.35. The van der Waals surface area contributed by atoms with E-state index in [0.717, 1.165) is 36.0 Å². The van der Waals surface area contributed by atoms with E-state index in [1.807, 2.05) is 29.7 Å². The summed E-state index contributed by atoms with van der Waals surface area (Å²) in [5.41, 5.74) is 1.90. The lowest BCUT2D eigenvalue weighted by atomic mass is 9.87. The number of pyridine rings is 1. The van der Waals surface area contributed by atoms with Gasteiger partial charge in [0.15, 0.2) is 11.3 Å². The van der Waals surface area contributed by atoms with E-state index in [2.05, 4.69) is 46.8 Å². The fourth-order valence-electron chi connectivity index (χ4n) is 4.11. The fraction of sp³-hybridized carbons (Fsp3) is 0.368. The molecule has 0 aromatic carbocycles. The van der Waals surface area contributed by atoms with Crippen molar-refractivity contribution in [2.24, 2.45) is 5.41 Å². The van der Waals surface area contributed by atoms with Crippen molar-refractivity contribution in [1.29, 1.82) is 0 Å². The minimum atomic E-state index is -0.366. The van der Waals surface area contributed by atoms with Gasteiger partial charge in [0.25, 0.3) is 0 Å². The molecular weight excluding hydrogens is 450 g/mol. The fourth-order valence-corrected chi connectivity index (χ4v) is 4.55. The van der Waals surface area contributed by atoms with Crippen molar-refractivity contribution < 1.29 is 4.79 Å². The molecule has 0 saturated heterocycles. The molecule has 0 unspecified atom stereocenters. The molecule has 2 N–H and O–H groups in total. The van der Waals surface area contributed by atoms with E-state index in [9.17, 15) is 4.79 Å². The van der Waals surface area contributed by atoms with Crippen molar-refractivity contribution in [3.05, 3.63) is 35.5 Å². The van der Waals surface area contributed by atoms with Gasteiger partial charge in [0.2, 0.25) is 11.9 Å². The molecule has 1 saturated carbocycles. The van der Waals surface area contributed by atoms with Gasteiger partial charge in [-0.1, -0.05) is 6.92 Å². The van der Waals surface area contributed by atoms with Gasteiger partial charge in [-0.2, -0.15) is 10.1 Å². The van der Waals surface area contributed by atoms with Crippen molar-refractivity contribution in [2.75, 3.05) is 12.4 Å². The summed E-state index contributed by atoms with van der Waals surface area (Å²) in [6, 6.07) is 3.93. The number of hydrogen-bond acceptors (Lipinski definition) is 7. The Labute approximate surface area is 180 Å². The molecule has 1 amide bonds. The highest BCUT2D eigenvalue weighted by molar-refractivity contribution is 9.10. The summed E-state index contributed by atoms with van der Waals surface area (Å²) in [5, 5.41) is 19.5. The minimum Gasteiger partial charge on any atom is -0.359 e. The van der Waals surface area contributed by atoms with E-state index < -0.39 is 0 Å². The van der Waals surface area contributed by atoms with Crippen LogP contribution in [0.1, 0.15) is 26.2 Å². The molecule has 4 aromatic rings. The number of fused-ring (bicyclic) bond motifs is 2. The summed E-state index contributed by atoms with van der Waals surface area (Å²) in [6.07, 6.45) is 7.75. The average molecular weight is 470 g/mol. The van der Waals surface area contributed by atoms with Crippen LogP contribution in [0, 0.1) is 5.41 Å². The van der Waals surface area contributed by atoms with Crippen LogP contribution in [0.3, 0.4) is 0 Å². The molecule has 0 aliphatic heterocycles. The second-order valence-corrected chi connectivity index (χ2v) is 8.59. The van der Waals surface area contributed by atoms with E-state index in [0.29, 0.717) is 16.2 Å². The normalized spacial score (nSPS) is 21.4. The van der Waals surface area contributed by atoms with E-state index in [1.54, 1.807) is 24.3 Å². The minimum absolute atomic E-state index is 0.0783. The number of amides is 1. The molecule has 1 aliphatic rings. The predicted octanol–water partition coefficient (Wildman–Crippen LogP) is 2.34. The zero-order chi connectivity index (χ0) is 20.9. The van der Waals surface area contributed by atoms with E-state index in [4.69, 9.17) is 4.98 Å². The highest BCUT2D eigenvalue weighted by Gasteiger charge is 2.40. The monoisotopic (exact) mass is 469 g/mol. The van der Waals surface area contributed by atoms with Gasteiger partial charge < -0.3 is 10.6 Å². The largest absolute Gasteiger partial charge is 0.359 e. The molecular formula is C19H20BrN9O. The SMILES string of the molecule is CNC(=O)[C@]1(C)CC[C@@H](Nc2ncc3c(Br)nn(-c4ccc5nncn5c4)c3n2)C1. The maximum atomic E-state index is 12.2. The molecule has 11 heteroatoms. The number of rotatable bonds is 4. The number of carbonyl (C=O) groups is 1. The van der Waals surface area contributed by atoms with Crippen molar-refractivity contribution in [2.45, 2.75) is 32.2 Å². The topological polar surface area (TPSA) is 115 Å². The highest BCUT2D eigenvalue weighted by Crippen LogP contribution is 2.39. The number of carbonyl (C=O) groups excluding carboxylic acids is 1. The number of nitrogens with one attached hydrogen (secondary N) is 2. The Kier molecular flexibility index (Phi) is 4.42. The predicted molar refractivity (Wildman–Crippen MR) is 114 cm³/mol. The van der Waals surface area contributed by atoms with Crippen LogP contribution in [0.5, 0.6) is 0 Å². The summed E-state index contributed by atoms with van der Waals surface area (Å²) in [7, 11) is 1.68. The standard InChI is InChI=1S/C19H20BrN9O/c1-19(17(30)21-2)6-5-11(7-19)24-18-22-8-13-15(20)27-29(16(13)25-18)12-3-4-14-26-23-10-28(14)9-12/h3-4,8-11H,5-7H2,1-2H3,(H,21,30)(H,22,24,25)/t11-,19-/m1/s1. The summed E-state index contributed by atoms with van der Waals surface area (Å²) in [4.78, 5) is 21.4. The van der Waals surface area contributed by atoms with Crippen LogP contribution < -0.4 is 10.6 Å². The van der Waals surface area contributed by atoms with Crippen molar-refractivity contribution >= 4 is 44.5 Å². The van der Waals surface area contributed by atoms with Crippen molar-refractivity contribution in [1.82, 2.24) is 39.7 Å². The first-order valence-corrected chi connectivity index (χ1v) is 10.5. The molecule has 1 aliphatic carbocycles. The third-order valence-corrected chi connectivity index (χ3v) is 6.33. The smallest absolute Gasteiger partial charge is 0.225 e. The molecule has 0 spiro atoms.